The Morgan fingerprint density at radius 3 is 1.27 bits per heavy atom. The maximum Gasteiger partial charge on any atom is 0.136 e. The van der Waals surface area contributed by atoms with Gasteiger partial charge in [-0.05, 0) is 101 Å². The molecule has 9 aromatic carbocycles. The zero-order chi connectivity index (χ0) is 33.7. The van der Waals surface area contributed by atoms with Crippen molar-refractivity contribution in [2.24, 2.45) is 0 Å². The first-order valence-electron chi connectivity index (χ1n) is 17.5. The molecule has 0 radical (unpaired) electrons. The van der Waals surface area contributed by atoms with E-state index >= 15 is 0 Å². The summed E-state index contributed by atoms with van der Waals surface area (Å²) in [5, 5.41) is 7.14. The van der Waals surface area contributed by atoms with Gasteiger partial charge < -0.3 is 4.42 Å². The van der Waals surface area contributed by atoms with Gasteiger partial charge in [0.1, 0.15) is 11.2 Å². The monoisotopic (exact) mass is 648 g/mol. The van der Waals surface area contributed by atoms with Gasteiger partial charge in [0.2, 0.25) is 0 Å². The summed E-state index contributed by atoms with van der Waals surface area (Å²) < 4.78 is 6.45. The van der Waals surface area contributed by atoms with Gasteiger partial charge >= 0.3 is 0 Å². The van der Waals surface area contributed by atoms with Gasteiger partial charge in [-0.2, -0.15) is 0 Å². The number of hydrogen-bond acceptors (Lipinski definition) is 1. The molecule has 0 aliphatic heterocycles. The number of furan rings is 1. The van der Waals surface area contributed by atoms with Crippen LogP contribution in [-0.2, 0) is 0 Å². The van der Waals surface area contributed by atoms with Crippen LogP contribution in [0.3, 0.4) is 0 Å². The minimum Gasteiger partial charge on any atom is -0.456 e. The lowest BCUT2D eigenvalue weighted by atomic mass is 9.84. The largest absolute Gasteiger partial charge is 0.456 e. The van der Waals surface area contributed by atoms with Crippen molar-refractivity contribution in [1.29, 1.82) is 0 Å². The Morgan fingerprint density at radius 1 is 0.235 bits per heavy atom. The highest BCUT2D eigenvalue weighted by Crippen LogP contribution is 2.46. The summed E-state index contributed by atoms with van der Waals surface area (Å²) in [7, 11) is 0. The topological polar surface area (TPSA) is 13.1 Å². The van der Waals surface area contributed by atoms with E-state index in [0.717, 1.165) is 27.5 Å². The quantitative estimate of drug-likeness (QED) is 0.169. The fraction of sp³-hybridized carbons (Fsp3) is 0. The predicted octanol–water partition coefficient (Wildman–Crippen LogP) is 14.2. The Kier molecular flexibility index (Phi) is 6.89. The summed E-state index contributed by atoms with van der Waals surface area (Å²) in [6.45, 7) is 0. The Morgan fingerprint density at radius 2 is 0.686 bits per heavy atom. The van der Waals surface area contributed by atoms with Gasteiger partial charge in [0.05, 0.1) is 0 Å². The molecule has 0 amide bonds. The van der Waals surface area contributed by atoms with Gasteiger partial charge in [0, 0.05) is 10.8 Å². The van der Waals surface area contributed by atoms with Crippen molar-refractivity contribution < 1.29 is 4.42 Å². The summed E-state index contributed by atoms with van der Waals surface area (Å²) in [5.41, 5.74) is 13.9. The van der Waals surface area contributed by atoms with E-state index in [1.54, 1.807) is 0 Å². The SMILES string of the molecule is c1ccc(-c2ccccc2-c2cccc3c(-c4ccc5c(c4)oc4ccccc45)c4cccc(-c5ccccc5-c5ccccc5)c4cc23)cc1. The van der Waals surface area contributed by atoms with Crippen LogP contribution in [0.1, 0.15) is 0 Å². The molecular weight excluding hydrogens is 617 g/mol. The summed E-state index contributed by atoms with van der Waals surface area (Å²) in [6, 6.07) is 70.0. The number of rotatable bonds is 5. The lowest BCUT2D eigenvalue weighted by Gasteiger charge is -2.19. The Labute approximate surface area is 296 Å². The van der Waals surface area contributed by atoms with Crippen LogP contribution in [0.25, 0.3) is 99.1 Å². The minimum absolute atomic E-state index is 0.898. The Hall–Kier alpha value is -6.70. The molecule has 10 rings (SSSR count). The van der Waals surface area contributed by atoms with Crippen LogP contribution in [0.15, 0.2) is 199 Å². The van der Waals surface area contributed by atoms with Crippen molar-refractivity contribution in [2.75, 3.05) is 0 Å². The first-order valence-corrected chi connectivity index (χ1v) is 17.5. The maximum absolute atomic E-state index is 6.45. The number of fused-ring (bicyclic) bond motifs is 5. The molecule has 0 saturated carbocycles. The molecule has 0 bridgehead atoms. The molecule has 0 spiro atoms. The molecule has 0 atom stereocenters. The molecule has 1 heteroatoms. The van der Waals surface area contributed by atoms with Crippen LogP contribution in [0.2, 0.25) is 0 Å². The molecule has 1 aromatic heterocycles. The molecule has 0 aliphatic carbocycles. The third kappa shape index (κ3) is 4.86. The molecular formula is C50H32O. The second kappa shape index (κ2) is 12.0. The smallest absolute Gasteiger partial charge is 0.136 e. The number of hydrogen-bond donors (Lipinski definition) is 0. The molecule has 1 nitrogen and oxygen atoms in total. The van der Waals surface area contributed by atoms with Gasteiger partial charge in [0.15, 0.2) is 0 Å². The van der Waals surface area contributed by atoms with Crippen LogP contribution in [0.5, 0.6) is 0 Å². The van der Waals surface area contributed by atoms with Crippen molar-refractivity contribution in [3.8, 4) is 55.6 Å². The zero-order valence-corrected chi connectivity index (χ0v) is 27.9. The van der Waals surface area contributed by atoms with E-state index in [4.69, 9.17) is 4.42 Å². The average Bonchev–Trinajstić information content (AvgIpc) is 3.58. The molecule has 10 aromatic rings. The molecule has 1 heterocycles. The molecule has 0 saturated heterocycles. The number of benzene rings is 9. The highest BCUT2D eigenvalue weighted by molar-refractivity contribution is 6.20. The fourth-order valence-electron chi connectivity index (χ4n) is 8.00. The minimum atomic E-state index is 0.898. The second-order valence-electron chi connectivity index (χ2n) is 13.2. The van der Waals surface area contributed by atoms with Gasteiger partial charge in [-0.25, -0.2) is 0 Å². The first-order chi connectivity index (χ1) is 25.3. The standard InChI is InChI=1S/C50H32O/c1-3-15-33(16-4-1)36-19-7-9-21-38(36)40-24-13-26-44-46(40)32-47-41(39-22-10-8-20-37(39)34-17-5-2-6-18-34)25-14-27-45(47)50(44)35-29-30-43-42-23-11-12-28-48(42)51-49(43)31-35/h1-32H. The van der Waals surface area contributed by atoms with Gasteiger partial charge in [-0.1, -0.05) is 170 Å². The van der Waals surface area contributed by atoms with Crippen molar-refractivity contribution in [1.82, 2.24) is 0 Å². The summed E-state index contributed by atoms with van der Waals surface area (Å²) in [6.07, 6.45) is 0. The van der Waals surface area contributed by atoms with Crippen molar-refractivity contribution in [2.45, 2.75) is 0 Å². The van der Waals surface area contributed by atoms with Crippen LogP contribution >= 0.6 is 0 Å². The number of para-hydroxylation sites is 1. The molecule has 0 fully saturated rings. The molecule has 0 N–H and O–H groups in total. The fourth-order valence-corrected chi connectivity index (χ4v) is 8.00. The lowest BCUT2D eigenvalue weighted by molar-refractivity contribution is 0.669. The van der Waals surface area contributed by atoms with E-state index in [1.165, 1.54) is 71.6 Å². The van der Waals surface area contributed by atoms with Crippen LogP contribution in [0, 0.1) is 0 Å². The van der Waals surface area contributed by atoms with E-state index in [0.29, 0.717) is 0 Å². The molecule has 0 aliphatic rings. The van der Waals surface area contributed by atoms with Crippen molar-refractivity contribution >= 4 is 43.5 Å². The van der Waals surface area contributed by atoms with Crippen LogP contribution < -0.4 is 0 Å². The van der Waals surface area contributed by atoms with Gasteiger partial charge in [-0.3, -0.25) is 0 Å². The highest BCUT2D eigenvalue weighted by Gasteiger charge is 2.19. The predicted molar refractivity (Wildman–Crippen MR) is 216 cm³/mol. The average molecular weight is 649 g/mol. The van der Waals surface area contributed by atoms with Crippen LogP contribution in [-0.4, -0.2) is 0 Å². The van der Waals surface area contributed by atoms with Gasteiger partial charge in [0.25, 0.3) is 0 Å². The normalized spacial score (nSPS) is 11.5. The van der Waals surface area contributed by atoms with Crippen molar-refractivity contribution in [3.05, 3.63) is 194 Å². The molecule has 238 valence electrons. The summed E-state index contributed by atoms with van der Waals surface area (Å²) in [4.78, 5) is 0. The van der Waals surface area contributed by atoms with E-state index in [-0.39, 0.29) is 0 Å². The maximum atomic E-state index is 6.45. The van der Waals surface area contributed by atoms with Gasteiger partial charge in [-0.15, -0.1) is 0 Å². The second-order valence-corrected chi connectivity index (χ2v) is 13.2. The van der Waals surface area contributed by atoms with E-state index in [1.807, 2.05) is 6.07 Å². The highest BCUT2D eigenvalue weighted by atomic mass is 16.3. The molecule has 0 unspecified atom stereocenters. The Bertz CT molecular complexity index is 2760. The lowest BCUT2D eigenvalue weighted by Crippen LogP contribution is -1.92. The van der Waals surface area contributed by atoms with Crippen LogP contribution in [0.4, 0.5) is 0 Å². The zero-order valence-electron chi connectivity index (χ0n) is 27.9. The first kappa shape index (κ1) is 29.2. The third-order valence-electron chi connectivity index (χ3n) is 10.3. The van der Waals surface area contributed by atoms with Crippen molar-refractivity contribution in [3.63, 3.8) is 0 Å². The van der Waals surface area contributed by atoms with E-state index < -0.39 is 0 Å². The Balaban J connectivity index is 1.31. The summed E-state index contributed by atoms with van der Waals surface area (Å²) >= 11 is 0. The van der Waals surface area contributed by atoms with E-state index in [2.05, 4.69) is 188 Å². The molecule has 51 heavy (non-hydrogen) atoms. The third-order valence-corrected chi connectivity index (χ3v) is 10.3. The summed E-state index contributed by atoms with van der Waals surface area (Å²) in [5.74, 6) is 0. The van der Waals surface area contributed by atoms with E-state index in [9.17, 15) is 0 Å².